The largest absolute Gasteiger partial charge is 0.505 e. The van der Waals surface area contributed by atoms with Gasteiger partial charge in [0.15, 0.2) is 5.75 Å². The van der Waals surface area contributed by atoms with Crippen molar-refractivity contribution >= 4 is 45.2 Å². The minimum Gasteiger partial charge on any atom is -0.505 e. The Morgan fingerprint density at radius 3 is 2.71 bits per heavy atom. The molecule has 3 N–H and O–H groups in total. The molecule has 0 aliphatic heterocycles. The van der Waals surface area contributed by atoms with Crippen LogP contribution in [0.4, 0.5) is 0 Å². The molecule has 0 saturated heterocycles. The highest BCUT2D eigenvalue weighted by Gasteiger charge is 2.32. The number of pyridine rings is 1. The summed E-state index contributed by atoms with van der Waals surface area (Å²) in [6, 6.07) is 1.75. The summed E-state index contributed by atoms with van der Waals surface area (Å²) < 4.78 is 1.71. The van der Waals surface area contributed by atoms with Crippen molar-refractivity contribution in [1.82, 2.24) is 4.98 Å². The number of rotatable bonds is 2. The van der Waals surface area contributed by atoms with Crippen molar-refractivity contribution in [2.75, 3.05) is 0 Å². The third-order valence-electron chi connectivity index (χ3n) is 2.39. The van der Waals surface area contributed by atoms with Gasteiger partial charge in [0, 0.05) is 0 Å². The SMILES string of the molecule is N[C@H](c1nc(I)cc(I)c1O)C1CC1. The fourth-order valence-electron chi connectivity index (χ4n) is 1.41. The first kappa shape index (κ1) is 10.9. The second kappa shape index (κ2) is 4.09. The molecule has 1 aliphatic rings. The molecule has 0 aromatic carbocycles. The van der Waals surface area contributed by atoms with E-state index in [0.29, 0.717) is 11.6 Å². The van der Waals surface area contributed by atoms with E-state index in [1.54, 1.807) is 0 Å². The average Bonchev–Trinajstić information content (AvgIpc) is 2.93. The highest BCUT2D eigenvalue weighted by molar-refractivity contribution is 14.1. The Kier molecular flexibility index (Phi) is 3.18. The molecular weight excluding hydrogens is 406 g/mol. The highest BCUT2D eigenvalue weighted by Crippen LogP contribution is 2.42. The maximum atomic E-state index is 9.82. The quantitative estimate of drug-likeness (QED) is 0.576. The third kappa shape index (κ3) is 2.13. The van der Waals surface area contributed by atoms with E-state index in [1.807, 2.05) is 6.07 Å². The Bertz CT molecular complexity index is 366. The summed E-state index contributed by atoms with van der Waals surface area (Å²) in [7, 11) is 0. The predicted octanol–water partition coefficient (Wildman–Crippen LogP) is 2.41. The number of hydrogen-bond donors (Lipinski definition) is 2. The Morgan fingerprint density at radius 2 is 2.14 bits per heavy atom. The number of aromatic nitrogens is 1. The fraction of sp³-hybridized carbons (Fsp3) is 0.444. The Morgan fingerprint density at radius 1 is 1.50 bits per heavy atom. The van der Waals surface area contributed by atoms with Gasteiger partial charge in [-0.25, -0.2) is 4.98 Å². The molecule has 2 rings (SSSR count). The van der Waals surface area contributed by atoms with Gasteiger partial charge in [-0.05, 0) is 70.0 Å². The van der Waals surface area contributed by atoms with Gasteiger partial charge in [-0.15, -0.1) is 0 Å². The van der Waals surface area contributed by atoms with Gasteiger partial charge in [0.2, 0.25) is 0 Å². The van der Waals surface area contributed by atoms with Crippen LogP contribution in [0.2, 0.25) is 0 Å². The first-order chi connectivity index (χ1) is 6.59. The lowest BCUT2D eigenvalue weighted by Gasteiger charge is -2.12. The van der Waals surface area contributed by atoms with Crippen molar-refractivity contribution in [2.24, 2.45) is 11.7 Å². The van der Waals surface area contributed by atoms with Crippen LogP contribution in [0.25, 0.3) is 0 Å². The van der Waals surface area contributed by atoms with Crippen molar-refractivity contribution in [3.05, 3.63) is 19.0 Å². The normalized spacial score (nSPS) is 18.2. The molecule has 1 aromatic heterocycles. The van der Waals surface area contributed by atoms with Crippen molar-refractivity contribution in [1.29, 1.82) is 0 Å². The molecule has 14 heavy (non-hydrogen) atoms. The fourth-order valence-corrected chi connectivity index (χ4v) is 3.14. The third-order valence-corrected chi connectivity index (χ3v) is 3.76. The first-order valence-corrected chi connectivity index (χ1v) is 6.56. The van der Waals surface area contributed by atoms with Crippen molar-refractivity contribution in [3.63, 3.8) is 0 Å². The van der Waals surface area contributed by atoms with E-state index in [2.05, 4.69) is 50.2 Å². The highest BCUT2D eigenvalue weighted by atomic mass is 127. The summed E-state index contributed by atoms with van der Waals surface area (Å²) in [5, 5.41) is 9.82. The van der Waals surface area contributed by atoms with Crippen LogP contribution in [0, 0.1) is 13.2 Å². The monoisotopic (exact) mass is 416 g/mol. The molecule has 1 heterocycles. The van der Waals surface area contributed by atoms with E-state index < -0.39 is 0 Å². The lowest BCUT2D eigenvalue weighted by atomic mass is 10.1. The second-order valence-corrected chi connectivity index (χ2v) is 5.79. The molecule has 0 radical (unpaired) electrons. The molecule has 1 atom stereocenters. The number of nitrogens with two attached hydrogens (primary N) is 1. The lowest BCUT2D eigenvalue weighted by molar-refractivity contribution is 0.445. The summed E-state index contributed by atoms with van der Waals surface area (Å²) in [6.07, 6.45) is 2.31. The Hall–Kier alpha value is 0.370. The van der Waals surface area contributed by atoms with Crippen LogP contribution in [0.1, 0.15) is 24.6 Å². The Labute approximate surface area is 110 Å². The maximum Gasteiger partial charge on any atom is 0.152 e. The molecule has 0 amide bonds. The molecule has 0 unspecified atom stereocenters. The van der Waals surface area contributed by atoms with E-state index in [0.717, 1.165) is 20.1 Å². The van der Waals surface area contributed by atoms with E-state index >= 15 is 0 Å². The molecule has 1 fully saturated rings. The zero-order valence-corrected chi connectivity index (χ0v) is 11.7. The van der Waals surface area contributed by atoms with Crippen LogP contribution >= 0.6 is 45.2 Å². The zero-order chi connectivity index (χ0) is 10.3. The molecule has 5 heteroatoms. The van der Waals surface area contributed by atoms with E-state index in [4.69, 9.17) is 5.73 Å². The molecule has 1 aliphatic carbocycles. The minimum atomic E-state index is -0.0989. The summed E-state index contributed by atoms with van der Waals surface area (Å²) in [5.41, 5.74) is 6.67. The molecule has 0 spiro atoms. The Balaban J connectivity index is 2.39. The van der Waals surface area contributed by atoms with Crippen molar-refractivity contribution in [2.45, 2.75) is 18.9 Å². The molecule has 1 saturated carbocycles. The summed E-state index contributed by atoms with van der Waals surface area (Å²) in [6.45, 7) is 0. The second-order valence-electron chi connectivity index (χ2n) is 3.52. The standard InChI is InChI=1S/C9H10I2N2O/c10-5-3-6(11)13-8(9(5)14)7(12)4-1-2-4/h3-4,7,14H,1-2,12H2/t7-/m0/s1. The summed E-state index contributed by atoms with van der Waals surface area (Å²) in [5.74, 6) is 0.771. The van der Waals surface area contributed by atoms with Gasteiger partial charge in [-0.2, -0.15) is 0 Å². The van der Waals surface area contributed by atoms with Gasteiger partial charge in [-0.1, -0.05) is 0 Å². The summed E-state index contributed by atoms with van der Waals surface area (Å²) in [4.78, 5) is 4.30. The molecule has 0 bridgehead atoms. The van der Waals surface area contributed by atoms with Crippen LogP contribution in [0.3, 0.4) is 0 Å². The van der Waals surface area contributed by atoms with Gasteiger partial charge in [0.1, 0.15) is 9.39 Å². The van der Waals surface area contributed by atoms with Crippen LogP contribution in [-0.4, -0.2) is 10.1 Å². The van der Waals surface area contributed by atoms with Crippen molar-refractivity contribution < 1.29 is 5.11 Å². The first-order valence-electron chi connectivity index (χ1n) is 4.40. The lowest BCUT2D eigenvalue weighted by Crippen LogP contribution is -2.15. The van der Waals surface area contributed by atoms with Crippen LogP contribution < -0.4 is 5.73 Å². The van der Waals surface area contributed by atoms with E-state index in [-0.39, 0.29) is 11.8 Å². The zero-order valence-electron chi connectivity index (χ0n) is 7.37. The van der Waals surface area contributed by atoms with Gasteiger partial charge < -0.3 is 10.8 Å². The van der Waals surface area contributed by atoms with Crippen LogP contribution in [0.15, 0.2) is 6.07 Å². The minimum absolute atomic E-state index is 0.0989. The van der Waals surface area contributed by atoms with Gasteiger partial charge in [-0.3, -0.25) is 0 Å². The van der Waals surface area contributed by atoms with Crippen molar-refractivity contribution in [3.8, 4) is 5.75 Å². The number of nitrogens with zero attached hydrogens (tertiary/aromatic N) is 1. The topological polar surface area (TPSA) is 59.1 Å². The molecule has 3 nitrogen and oxygen atoms in total. The smallest absolute Gasteiger partial charge is 0.152 e. The number of aromatic hydroxyl groups is 1. The van der Waals surface area contributed by atoms with Gasteiger partial charge in [0.25, 0.3) is 0 Å². The molecular formula is C9H10I2N2O. The predicted molar refractivity (Wildman–Crippen MR) is 71.0 cm³/mol. The van der Waals surface area contributed by atoms with Crippen LogP contribution in [-0.2, 0) is 0 Å². The van der Waals surface area contributed by atoms with Gasteiger partial charge >= 0.3 is 0 Å². The molecule has 76 valence electrons. The van der Waals surface area contributed by atoms with E-state index in [9.17, 15) is 5.11 Å². The van der Waals surface area contributed by atoms with E-state index in [1.165, 1.54) is 0 Å². The summed E-state index contributed by atoms with van der Waals surface area (Å²) >= 11 is 4.24. The number of hydrogen-bond acceptors (Lipinski definition) is 3. The maximum absolute atomic E-state index is 9.82. The number of halogens is 2. The molecule has 1 aromatic rings. The van der Waals surface area contributed by atoms with Crippen LogP contribution in [0.5, 0.6) is 5.75 Å². The van der Waals surface area contributed by atoms with Gasteiger partial charge in [0.05, 0.1) is 9.61 Å². The average molecular weight is 416 g/mol.